The van der Waals surface area contributed by atoms with Gasteiger partial charge in [0.1, 0.15) is 11.5 Å². The molecule has 1 aromatic rings. The van der Waals surface area contributed by atoms with Gasteiger partial charge in [-0.25, -0.2) is 0 Å². The molecule has 1 aliphatic rings. The van der Waals surface area contributed by atoms with Gasteiger partial charge in [-0.15, -0.1) is 12.4 Å². The van der Waals surface area contributed by atoms with E-state index in [4.69, 9.17) is 10.5 Å². The maximum absolute atomic E-state index is 12.1. The van der Waals surface area contributed by atoms with E-state index < -0.39 is 0 Å². The molecular weight excluding hydrogens is 280 g/mol. The molecule has 2 rings (SSSR count). The Labute approximate surface area is 124 Å². The summed E-state index contributed by atoms with van der Waals surface area (Å²) in [6.07, 6.45) is 3.62. The monoisotopic (exact) mass is 300 g/mol. The van der Waals surface area contributed by atoms with Gasteiger partial charge in [-0.1, -0.05) is 0 Å². The topological polar surface area (TPSA) is 84.6 Å². The standard InChI is InChI=1S/C14H20N2O3.ClH/c1-19-11-6-7-13(17)12(8-11)14(18)16-10-4-2-9(15)3-5-10;/h6-10,17H,2-5,15H2,1H3,(H,16,18);1H. The summed E-state index contributed by atoms with van der Waals surface area (Å²) >= 11 is 0. The third kappa shape index (κ3) is 4.02. The summed E-state index contributed by atoms with van der Waals surface area (Å²) < 4.78 is 5.06. The molecule has 0 spiro atoms. The normalized spacial score (nSPS) is 21.7. The molecule has 0 atom stereocenters. The minimum atomic E-state index is -0.267. The van der Waals surface area contributed by atoms with E-state index in [0.29, 0.717) is 5.75 Å². The number of phenols is 1. The number of halogens is 1. The van der Waals surface area contributed by atoms with Gasteiger partial charge in [-0.05, 0) is 43.9 Å². The number of rotatable bonds is 3. The van der Waals surface area contributed by atoms with Crippen molar-refractivity contribution in [2.75, 3.05) is 7.11 Å². The average Bonchev–Trinajstić information content (AvgIpc) is 2.42. The van der Waals surface area contributed by atoms with Crippen LogP contribution in [0.4, 0.5) is 0 Å². The van der Waals surface area contributed by atoms with Gasteiger partial charge in [0.05, 0.1) is 12.7 Å². The molecule has 0 saturated heterocycles. The lowest BCUT2D eigenvalue weighted by Crippen LogP contribution is -2.40. The number of benzene rings is 1. The van der Waals surface area contributed by atoms with Crippen LogP contribution in [0.5, 0.6) is 11.5 Å². The van der Waals surface area contributed by atoms with E-state index in [1.807, 2.05) is 0 Å². The SMILES string of the molecule is COc1ccc(O)c(C(=O)NC2CCC(N)CC2)c1.Cl. The third-order valence-corrected chi connectivity index (χ3v) is 3.56. The number of carbonyl (C=O) groups excluding carboxylic acids is 1. The molecule has 1 amide bonds. The molecule has 1 saturated carbocycles. The van der Waals surface area contributed by atoms with Crippen LogP contribution in [0.15, 0.2) is 18.2 Å². The van der Waals surface area contributed by atoms with Crippen molar-refractivity contribution >= 4 is 18.3 Å². The van der Waals surface area contributed by atoms with Crippen LogP contribution < -0.4 is 15.8 Å². The second kappa shape index (κ2) is 7.36. The summed E-state index contributed by atoms with van der Waals surface area (Å²) in [7, 11) is 1.52. The number of phenolic OH excluding ortho intramolecular Hbond substituents is 1. The Kier molecular flexibility index (Phi) is 6.10. The van der Waals surface area contributed by atoms with Gasteiger partial charge < -0.3 is 20.9 Å². The van der Waals surface area contributed by atoms with E-state index in [9.17, 15) is 9.90 Å². The Morgan fingerprint density at radius 3 is 2.60 bits per heavy atom. The van der Waals surface area contributed by atoms with Crippen LogP contribution in [0.3, 0.4) is 0 Å². The predicted molar refractivity (Wildman–Crippen MR) is 79.6 cm³/mol. The van der Waals surface area contributed by atoms with E-state index >= 15 is 0 Å². The second-order valence-corrected chi connectivity index (χ2v) is 4.97. The molecule has 20 heavy (non-hydrogen) atoms. The summed E-state index contributed by atoms with van der Waals surface area (Å²) in [6, 6.07) is 5.01. The van der Waals surface area contributed by atoms with Crippen molar-refractivity contribution in [1.82, 2.24) is 5.32 Å². The van der Waals surface area contributed by atoms with Crippen molar-refractivity contribution in [3.05, 3.63) is 23.8 Å². The van der Waals surface area contributed by atoms with Gasteiger partial charge in [-0.2, -0.15) is 0 Å². The maximum Gasteiger partial charge on any atom is 0.255 e. The zero-order valence-electron chi connectivity index (χ0n) is 11.5. The molecule has 0 heterocycles. The Hall–Kier alpha value is -1.46. The molecule has 0 aliphatic heterocycles. The van der Waals surface area contributed by atoms with Crippen LogP contribution in [-0.4, -0.2) is 30.2 Å². The van der Waals surface area contributed by atoms with Gasteiger partial charge >= 0.3 is 0 Å². The highest BCUT2D eigenvalue weighted by atomic mass is 35.5. The fourth-order valence-electron chi connectivity index (χ4n) is 2.35. The lowest BCUT2D eigenvalue weighted by atomic mass is 9.91. The molecule has 0 radical (unpaired) electrons. The van der Waals surface area contributed by atoms with E-state index in [-0.39, 0.29) is 41.7 Å². The van der Waals surface area contributed by atoms with Crippen LogP contribution in [0.25, 0.3) is 0 Å². The number of aromatic hydroxyl groups is 1. The van der Waals surface area contributed by atoms with Crippen molar-refractivity contribution in [1.29, 1.82) is 0 Å². The Balaban J connectivity index is 0.00000200. The Morgan fingerprint density at radius 2 is 2.00 bits per heavy atom. The Morgan fingerprint density at radius 1 is 1.35 bits per heavy atom. The molecule has 0 bridgehead atoms. The van der Waals surface area contributed by atoms with Crippen molar-refractivity contribution in [2.24, 2.45) is 5.73 Å². The predicted octanol–water partition coefficient (Wildman–Crippen LogP) is 1.82. The van der Waals surface area contributed by atoms with Crippen LogP contribution in [0.1, 0.15) is 36.0 Å². The van der Waals surface area contributed by atoms with Crippen LogP contribution in [-0.2, 0) is 0 Å². The van der Waals surface area contributed by atoms with Gasteiger partial charge in [0, 0.05) is 12.1 Å². The molecule has 1 aliphatic carbocycles. The number of carbonyl (C=O) groups is 1. The minimum absolute atomic E-state index is 0. The largest absolute Gasteiger partial charge is 0.507 e. The van der Waals surface area contributed by atoms with Crippen LogP contribution >= 0.6 is 12.4 Å². The first-order valence-electron chi connectivity index (χ1n) is 6.53. The first-order chi connectivity index (χ1) is 9.10. The summed E-state index contributed by atoms with van der Waals surface area (Å²) in [6.45, 7) is 0. The average molecular weight is 301 g/mol. The molecular formula is C14H21ClN2O3. The summed E-state index contributed by atoms with van der Waals surface area (Å²) in [4.78, 5) is 12.1. The molecule has 5 nitrogen and oxygen atoms in total. The molecule has 1 fully saturated rings. The molecule has 1 aromatic carbocycles. The highest BCUT2D eigenvalue weighted by Gasteiger charge is 2.21. The van der Waals surface area contributed by atoms with Gasteiger partial charge in [0.2, 0.25) is 0 Å². The number of nitrogens with one attached hydrogen (secondary N) is 1. The molecule has 0 unspecified atom stereocenters. The van der Waals surface area contributed by atoms with E-state index in [1.54, 1.807) is 12.1 Å². The first kappa shape index (κ1) is 16.6. The fourth-order valence-corrected chi connectivity index (χ4v) is 2.35. The van der Waals surface area contributed by atoms with Gasteiger partial charge in [0.25, 0.3) is 5.91 Å². The van der Waals surface area contributed by atoms with E-state index in [0.717, 1.165) is 25.7 Å². The van der Waals surface area contributed by atoms with Crippen LogP contribution in [0.2, 0.25) is 0 Å². The number of hydrogen-bond acceptors (Lipinski definition) is 4. The smallest absolute Gasteiger partial charge is 0.255 e. The van der Waals surface area contributed by atoms with Gasteiger partial charge in [-0.3, -0.25) is 4.79 Å². The number of hydrogen-bond donors (Lipinski definition) is 3. The summed E-state index contributed by atoms with van der Waals surface area (Å²) in [5.74, 6) is 0.247. The molecule has 6 heteroatoms. The summed E-state index contributed by atoms with van der Waals surface area (Å²) in [5.41, 5.74) is 6.08. The highest BCUT2D eigenvalue weighted by molar-refractivity contribution is 5.97. The third-order valence-electron chi connectivity index (χ3n) is 3.56. The zero-order valence-corrected chi connectivity index (χ0v) is 12.3. The number of amides is 1. The quantitative estimate of drug-likeness (QED) is 0.795. The zero-order chi connectivity index (χ0) is 13.8. The Bertz CT molecular complexity index is 460. The van der Waals surface area contributed by atoms with Crippen LogP contribution in [0, 0.1) is 0 Å². The maximum atomic E-state index is 12.1. The lowest BCUT2D eigenvalue weighted by Gasteiger charge is -2.26. The van der Waals surface area contributed by atoms with E-state index in [1.165, 1.54) is 13.2 Å². The second-order valence-electron chi connectivity index (χ2n) is 4.97. The number of nitrogens with two attached hydrogens (primary N) is 1. The molecule has 112 valence electrons. The number of methoxy groups -OCH3 is 1. The highest BCUT2D eigenvalue weighted by Crippen LogP contribution is 2.24. The fraction of sp³-hybridized carbons (Fsp3) is 0.500. The van der Waals surface area contributed by atoms with Crippen molar-refractivity contribution in [3.8, 4) is 11.5 Å². The van der Waals surface area contributed by atoms with Crippen molar-refractivity contribution in [3.63, 3.8) is 0 Å². The molecule has 0 aromatic heterocycles. The number of ether oxygens (including phenoxy) is 1. The van der Waals surface area contributed by atoms with Crippen molar-refractivity contribution < 1.29 is 14.6 Å². The lowest BCUT2D eigenvalue weighted by molar-refractivity contribution is 0.0923. The minimum Gasteiger partial charge on any atom is -0.507 e. The first-order valence-corrected chi connectivity index (χ1v) is 6.53. The van der Waals surface area contributed by atoms with Crippen molar-refractivity contribution in [2.45, 2.75) is 37.8 Å². The van der Waals surface area contributed by atoms with E-state index in [2.05, 4.69) is 5.32 Å². The summed E-state index contributed by atoms with van der Waals surface area (Å²) in [5, 5.41) is 12.7. The molecule has 4 N–H and O–H groups in total. The van der Waals surface area contributed by atoms with Gasteiger partial charge in [0.15, 0.2) is 0 Å².